The lowest BCUT2D eigenvalue weighted by Crippen LogP contribution is -2.42. The van der Waals surface area contributed by atoms with Crippen LogP contribution in [0.2, 0.25) is 0 Å². The third-order valence-electron chi connectivity index (χ3n) is 2.75. The molecule has 1 fully saturated rings. The van der Waals surface area contributed by atoms with E-state index in [0.29, 0.717) is 6.61 Å². The van der Waals surface area contributed by atoms with Gasteiger partial charge in [0.15, 0.2) is 0 Å². The van der Waals surface area contributed by atoms with Gasteiger partial charge in [0, 0.05) is 13.7 Å². The Balaban J connectivity index is 2.61. The Morgan fingerprint density at radius 3 is 2.79 bits per heavy atom. The average molecular weight is 196 g/mol. The molecule has 1 rings (SSSR count). The molecular weight excluding hydrogens is 180 g/mol. The lowest BCUT2D eigenvalue weighted by molar-refractivity contribution is -0.142. The van der Waals surface area contributed by atoms with Crippen LogP contribution in [0.15, 0.2) is 0 Å². The molecule has 0 spiro atoms. The predicted octanol–water partition coefficient (Wildman–Crippen LogP) is 0.782. The maximum Gasteiger partial charge on any atom is 0.252 e. The van der Waals surface area contributed by atoms with Gasteiger partial charge < -0.3 is 9.64 Å². The number of carbonyl (C=O) groups is 1. The van der Waals surface area contributed by atoms with E-state index in [-0.39, 0.29) is 24.0 Å². The molecule has 1 heterocycles. The van der Waals surface area contributed by atoms with E-state index in [1.807, 2.05) is 13.0 Å². The molecule has 1 amide bonds. The van der Waals surface area contributed by atoms with Crippen LogP contribution in [0.3, 0.4) is 0 Å². The van der Waals surface area contributed by atoms with Crippen molar-refractivity contribution in [1.29, 1.82) is 5.26 Å². The Bertz CT molecular complexity index is 259. The number of nitriles is 1. The van der Waals surface area contributed by atoms with Crippen molar-refractivity contribution in [2.24, 2.45) is 5.92 Å². The minimum Gasteiger partial charge on any atom is -0.368 e. The summed E-state index contributed by atoms with van der Waals surface area (Å²) < 4.78 is 5.34. The van der Waals surface area contributed by atoms with Crippen LogP contribution >= 0.6 is 0 Å². The summed E-state index contributed by atoms with van der Waals surface area (Å²) in [7, 11) is 1.64. The number of ether oxygens (including phenoxy) is 1. The molecule has 78 valence electrons. The number of rotatable bonds is 2. The van der Waals surface area contributed by atoms with Gasteiger partial charge in [0.05, 0.1) is 6.07 Å². The first kappa shape index (κ1) is 11.0. The van der Waals surface area contributed by atoms with Crippen molar-refractivity contribution >= 4 is 5.91 Å². The number of amides is 1. The van der Waals surface area contributed by atoms with E-state index in [4.69, 9.17) is 10.00 Å². The molecular formula is C10H16N2O2. The van der Waals surface area contributed by atoms with Gasteiger partial charge in [0.1, 0.15) is 12.1 Å². The second kappa shape index (κ2) is 4.43. The molecule has 4 heteroatoms. The Morgan fingerprint density at radius 1 is 1.71 bits per heavy atom. The van der Waals surface area contributed by atoms with Gasteiger partial charge in [-0.25, -0.2) is 0 Å². The first-order valence-corrected chi connectivity index (χ1v) is 4.85. The molecule has 1 saturated heterocycles. The number of hydrogen-bond acceptors (Lipinski definition) is 3. The maximum absolute atomic E-state index is 11.8. The molecule has 1 aliphatic heterocycles. The van der Waals surface area contributed by atoms with Crippen LogP contribution in [0.25, 0.3) is 0 Å². The molecule has 3 unspecified atom stereocenters. The quantitative estimate of drug-likeness (QED) is 0.656. The van der Waals surface area contributed by atoms with E-state index >= 15 is 0 Å². The predicted molar refractivity (Wildman–Crippen MR) is 51.4 cm³/mol. The minimum absolute atomic E-state index is 0.0796. The van der Waals surface area contributed by atoms with Gasteiger partial charge in [-0.3, -0.25) is 4.79 Å². The SMILES string of the molecule is CC1CCOC1C(=O)N(C)C(C)C#N. The summed E-state index contributed by atoms with van der Waals surface area (Å²) >= 11 is 0. The third-order valence-corrected chi connectivity index (χ3v) is 2.75. The van der Waals surface area contributed by atoms with Crippen LogP contribution in [0, 0.1) is 17.2 Å². The van der Waals surface area contributed by atoms with Crippen molar-refractivity contribution in [3.05, 3.63) is 0 Å². The number of carbonyl (C=O) groups excluding carboxylic acids is 1. The zero-order chi connectivity index (χ0) is 10.7. The fourth-order valence-corrected chi connectivity index (χ4v) is 1.49. The van der Waals surface area contributed by atoms with Gasteiger partial charge >= 0.3 is 0 Å². The second-order valence-corrected chi connectivity index (χ2v) is 3.81. The van der Waals surface area contributed by atoms with Crippen molar-refractivity contribution in [1.82, 2.24) is 4.90 Å². The summed E-state index contributed by atoms with van der Waals surface area (Å²) in [4.78, 5) is 13.3. The van der Waals surface area contributed by atoms with E-state index in [9.17, 15) is 4.79 Å². The van der Waals surface area contributed by atoms with E-state index in [2.05, 4.69) is 0 Å². The fourth-order valence-electron chi connectivity index (χ4n) is 1.49. The number of hydrogen-bond donors (Lipinski definition) is 0. The number of nitrogens with zero attached hydrogens (tertiary/aromatic N) is 2. The summed E-state index contributed by atoms with van der Waals surface area (Å²) in [5.74, 6) is 0.180. The molecule has 0 saturated carbocycles. The minimum atomic E-state index is -0.390. The number of likely N-dealkylation sites (N-methyl/N-ethyl adjacent to an activating group) is 1. The van der Waals surface area contributed by atoms with Crippen LogP contribution in [-0.2, 0) is 9.53 Å². The molecule has 0 aromatic carbocycles. The smallest absolute Gasteiger partial charge is 0.252 e. The van der Waals surface area contributed by atoms with E-state index in [1.54, 1.807) is 14.0 Å². The lowest BCUT2D eigenvalue weighted by atomic mass is 10.0. The monoisotopic (exact) mass is 196 g/mol. The van der Waals surface area contributed by atoms with Crippen LogP contribution < -0.4 is 0 Å². The molecule has 0 bridgehead atoms. The van der Waals surface area contributed by atoms with Gasteiger partial charge in [0.25, 0.3) is 5.91 Å². The summed E-state index contributed by atoms with van der Waals surface area (Å²) in [5.41, 5.74) is 0. The largest absolute Gasteiger partial charge is 0.368 e. The van der Waals surface area contributed by atoms with E-state index in [0.717, 1.165) is 6.42 Å². The normalized spacial score (nSPS) is 28.1. The Morgan fingerprint density at radius 2 is 2.36 bits per heavy atom. The molecule has 4 nitrogen and oxygen atoms in total. The van der Waals surface area contributed by atoms with Gasteiger partial charge in [0.2, 0.25) is 0 Å². The zero-order valence-electron chi connectivity index (χ0n) is 8.86. The molecule has 3 atom stereocenters. The van der Waals surface area contributed by atoms with Gasteiger partial charge in [-0.15, -0.1) is 0 Å². The van der Waals surface area contributed by atoms with E-state index < -0.39 is 0 Å². The summed E-state index contributed by atoms with van der Waals surface area (Å²) in [6.07, 6.45) is 0.571. The van der Waals surface area contributed by atoms with Crippen LogP contribution in [0.4, 0.5) is 0 Å². The highest BCUT2D eigenvalue weighted by molar-refractivity contribution is 5.81. The average Bonchev–Trinajstić information content (AvgIpc) is 2.61. The highest BCUT2D eigenvalue weighted by atomic mass is 16.5. The fraction of sp³-hybridized carbons (Fsp3) is 0.800. The van der Waals surface area contributed by atoms with Crippen molar-refractivity contribution in [3.8, 4) is 6.07 Å². The maximum atomic E-state index is 11.8. The molecule has 0 radical (unpaired) electrons. The molecule has 14 heavy (non-hydrogen) atoms. The van der Waals surface area contributed by atoms with Crippen molar-refractivity contribution in [2.75, 3.05) is 13.7 Å². The zero-order valence-corrected chi connectivity index (χ0v) is 8.86. The molecule has 0 N–H and O–H groups in total. The van der Waals surface area contributed by atoms with Crippen LogP contribution in [0.5, 0.6) is 0 Å². The topological polar surface area (TPSA) is 53.3 Å². The van der Waals surface area contributed by atoms with E-state index in [1.165, 1.54) is 4.90 Å². The Kier molecular flexibility index (Phi) is 3.48. The summed E-state index contributed by atoms with van der Waals surface area (Å²) in [5, 5.41) is 8.68. The molecule has 0 aromatic heterocycles. The van der Waals surface area contributed by atoms with Gasteiger partial charge in [-0.1, -0.05) is 6.92 Å². The van der Waals surface area contributed by atoms with Crippen molar-refractivity contribution < 1.29 is 9.53 Å². The first-order valence-electron chi connectivity index (χ1n) is 4.85. The second-order valence-electron chi connectivity index (χ2n) is 3.81. The summed E-state index contributed by atoms with van der Waals surface area (Å²) in [6.45, 7) is 4.35. The lowest BCUT2D eigenvalue weighted by Gasteiger charge is -2.24. The summed E-state index contributed by atoms with van der Waals surface area (Å²) in [6, 6.07) is 1.64. The van der Waals surface area contributed by atoms with Gasteiger partial charge in [-0.05, 0) is 19.3 Å². The van der Waals surface area contributed by atoms with Crippen LogP contribution in [0.1, 0.15) is 20.3 Å². The highest BCUT2D eigenvalue weighted by Gasteiger charge is 2.34. The first-order chi connectivity index (χ1) is 6.57. The third kappa shape index (κ3) is 2.05. The molecule has 1 aliphatic rings. The van der Waals surface area contributed by atoms with Crippen molar-refractivity contribution in [3.63, 3.8) is 0 Å². The Labute approximate surface area is 84.4 Å². The standard InChI is InChI=1S/C10H16N2O2/c1-7-4-5-14-9(7)10(13)12(3)8(2)6-11/h7-9H,4-5H2,1-3H3. The molecule has 0 aliphatic carbocycles. The molecule has 0 aromatic rings. The van der Waals surface area contributed by atoms with Crippen molar-refractivity contribution in [2.45, 2.75) is 32.4 Å². The van der Waals surface area contributed by atoms with Crippen LogP contribution in [-0.4, -0.2) is 36.6 Å². The Hall–Kier alpha value is -1.08. The van der Waals surface area contributed by atoms with Gasteiger partial charge in [-0.2, -0.15) is 5.26 Å². The highest BCUT2D eigenvalue weighted by Crippen LogP contribution is 2.21.